The standard InChI is InChI=1S/C34H69/c1-4-5-6-7-8-9-10-11-12-13-14-15-16-17-18-19-20-21-22-23-24-25-26-27-28-29-30-31-32-33-34(2)3/h18,34H,4-17,19-33H2,1-3H3. The molecule has 0 aromatic heterocycles. The predicted octanol–water partition coefficient (Wildman–Crippen LogP) is 13.2. The molecule has 0 bridgehead atoms. The molecule has 0 aliphatic heterocycles. The molecule has 0 atom stereocenters. The highest BCUT2D eigenvalue weighted by Gasteiger charge is 1.97. The van der Waals surface area contributed by atoms with Gasteiger partial charge in [-0.25, -0.2) is 0 Å². The predicted molar refractivity (Wildman–Crippen MR) is 159 cm³/mol. The Kier molecular flexibility index (Phi) is 31.0. The van der Waals surface area contributed by atoms with Gasteiger partial charge in [-0.15, -0.1) is 0 Å². The van der Waals surface area contributed by atoms with Gasteiger partial charge in [0.25, 0.3) is 0 Å². The summed E-state index contributed by atoms with van der Waals surface area (Å²) >= 11 is 0. The lowest BCUT2D eigenvalue weighted by atomic mass is 10.0. The quantitative estimate of drug-likeness (QED) is 0.0902. The monoisotopic (exact) mass is 478 g/mol. The molecule has 0 fully saturated rings. The van der Waals surface area contributed by atoms with Crippen LogP contribution in [-0.2, 0) is 0 Å². The van der Waals surface area contributed by atoms with Crippen molar-refractivity contribution in [2.45, 2.75) is 207 Å². The van der Waals surface area contributed by atoms with Gasteiger partial charge in [0, 0.05) is 0 Å². The Balaban J connectivity index is 3.00. The zero-order chi connectivity index (χ0) is 24.8. The van der Waals surface area contributed by atoms with Gasteiger partial charge in [0.05, 0.1) is 0 Å². The van der Waals surface area contributed by atoms with E-state index in [1.165, 1.54) is 186 Å². The molecule has 1 radical (unpaired) electrons. The van der Waals surface area contributed by atoms with Gasteiger partial charge in [-0.2, -0.15) is 0 Å². The number of rotatable bonds is 30. The van der Waals surface area contributed by atoms with E-state index >= 15 is 0 Å². The van der Waals surface area contributed by atoms with Gasteiger partial charge >= 0.3 is 0 Å². The maximum atomic E-state index is 2.58. The molecule has 0 heteroatoms. The molecule has 0 aliphatic carbocycles. The first kappa shape index (κ1) is 34.0. The topological polar surface area (TPSA) is 0 Å². The van der Waals surface area contributed by atoms with Crippen LogP contribution in [0.5, 0.6) is 0 Å². The van der Waals surface area contributed by atoms with Gasteiger partial charge in [0.1, 0.15) is 0 Å². The van der Waals surface area contributed by atoms with Crippen molar-refractivity contribution in [3.05, 3.63) is 6.42 Å². The third kappa shape index (κ3) is 32.0. The van der Waals surface area contributed by atoms with Crippen LogP contribution in [0.2, 0.25) is 0 Å². The summed E-state index contributed by atoms with van der Waals surface area (Å²) in [5.74, 6) is 0.895. The highest BCUT2D eigenvalue weighted by Crippen LogP contribution is 2.16. The number of hydrogen-bond acceptors (Lipinski definition) is 0. The summed E-state index contributed by atoms with van der Waals surface area (Å²) in [6.45, 7) is 7.00. The second kappa shape index (κ2) is 31.0. The summed E-state index contributed by atoms with van der Waals surface area (Å²) in [5, 5.41) is 0. The van der Waals surface area contributed by atoms with Crippen LogP contribution in [0.25, 0.3) is 0 Å². The Morgan fingerprint density at radius 2 is 0.618 bits per heavy atom. The Hall–Kier alpha value is 0. The van der Waals surface area contributed by atoms with Crippen molar-refractivity contribution in [3.63, 3.8) is 0 Å². The van der Waals surface area contributed by atoms with E-state index in [4.69, 9.17) is 0 Å². The van der Waals surface area contributed by atoms with Crippen LogP contribution in [0.15, 0.2) is 0 Å². The van der Waals surface area contributed by atoms with Crippen molar-refractivity contribution >= 4 is 0 Å². The first-order chi connectivity index (χ1) is 16.8. The van der Waals surface area contributed by atoms with Crippen molar-refractivity contribution in [1.82, 2.24) is 0 Å². The first-order valence-corrected chi connectivity index (χ1v) is 16.6. The molecule has 0 saturated carbocycles. The van der Waals surface area contributed by atoms with Crippen LogP contribution in [0, 0.1) is 12.3 Å². The molecule has 0 heterocycles. The van der Waals surface area contributed by atoms with Gasteiger partial charge in [0.15, 0.2) is 0 Å². The molecule has 0 rings (SSSR count). The van der Waals surface area contributed by atoms with Gasteiger partial charge < -0.3 is 0 Å². The maximum Gasteiger partial charge on any atom is -0.0386 e. The fraction of sp³-hybridized carbons (Fsp3) is 0.971. The van der Waals surface area contributed by atoms with E-state index < -0.39 is 0 Å². The number of hydrogen-bond donors (Lipinski definition) is 0. The van der Waals surface area contributed by atoms with Crippen molar-refractivity contribution in [3.8, 4) is 0 Å². The van der Waals surface area contributed by atoms with E-state index in [1.807, 2.05) is 0 Å². The molecule has 0 aromatic carbocycles. The normalized spacial score (nSPS) is 11.6. The fourth-order valence-electron chi connectivity index (χ4n) is 5.24. The molecule has 0 aliphatic rings. The lowest BCUT2D eigenvalue weighted by molar-refractivity contribution is 0.502. The van der Waals surface area contributed by atoms with Crippen molar-refractivity contribution in [1.29, 1.82) is 0 Å². The Morgan fingerprint density at radius 1 is 0.353 bits per heavy atom. The van der Waals surface area contributed by atoms with Crippen LogP contribution in [0.1, 0.15) is 207 Å². The lowest BCUT2D eigenvalue weighted by Crippen LogP contribution is -1.87. The van der Waals surface area contributed by atoms with Crippen LogP contribution in [0.3, 0.4) is 0 Å². The average molecular weight is 478 g/mol. The van der Waals surface area contributed by atoms with Crippen molar-refractivity contribution in [2.24, 2.45) is 5.92 Å². The van der Waals surface area contributed by atoms with E-state index in [9.17, 15) is 0 Å². The third-order valence-electron chi connectivity index (χ3n) is 7.70. The van der Waals surface area contributed by atoms with E-state index in [-0.39, 0.29) is 0 Å². The molecule has 0 aromatic rings. The molecule has 0 N–H and O–H groups in total. The van der Waals surface area contributed by atoms with Crippen LogP contribution in [0.4, 0.5) is 0 Å². The summed E-state index contributed by atoms with van der Waals surface area (Å²) in [6.07, 6.45) is 44.9. The highest BCUT2D eigenvalue weighted by molar-refractivity contribution is 4.64. The van der Waals surface area contributed by atoms with Crippen LogP contribution < -0.4 is 0 Å². The summed E-state index contributed by atoms with van der Waals surface area (Å²) in [7, 11) is 0. The van der Waals surface area contributed by atoms with E-state index in [0.29, 0.717) is 0 Å². The Morgan fingerprint density at radius 3 is 0.912 bits per heavy atom. The zero-order valence-electron chi connectivity index (χ0n) is 24.7. The first-order valence-electron chi connectivity index (χ1n) is 16.6. The SMILES string of the molecule is CCCCCCCCCCCCCCC[CH]CCCCCCCCCCCCCCCC(C)C. The largest absolute Gasteiger partial charge is 0.0654 e. The molecule has 0 saturated heterocycles. The lowest BCUT2D eigenvalue weighted by Gasteiger charge is -2.05. The molecular formula is C34H69. The van der Waals surface area contributed by atoms with E-state index in [0.717, 1.165) is 5.92 Å². The van der Waals surface area contributed by atoms with Crippen molar-refractivity contribution < 1.29 is 0 Å². The molecule has 0 spiro atoms. The molecule has 0 nitrogen and oxygen atoms in total. The molecular weight excluding hydrogens is 408 g/mol. The third-order valence-corrected chi connectivity index (χ3v) is 7.70. The Labute approximate surface area is 219 Å². The molecule has 205 valence electrons. The summed E-state index contributed by atoms with van der Waals surface area (Å²) in [4.78, 5) is 0. The second-order valence-corrected chi connectivity index (χ2v) is 11.9. The van der Waals surface area contributed by atoms with Gasteiger partial charge in [-0.05, 0) is 12.3 Å². The van der Waals surface area contributed by atoms with E-state index in [1.54, 1.807) is 0 Å². The molecule has 0 unspecified atom stereocenters. The second-order valence-electron chi connectivity index (χ2n) is 11.9. The molecule has 0 amide bonds. The summed E-state index contributed by atoms with van der Waals surface area (Å²) in [5.41, 5.74) is 0. The minimum absolute atomic E-state index is 0.895. The van der Waals surface area contributed by atoms with Crippen LogP contribution >= 0.6 is 0 Å². The summed E-state index contributed by atoms with van der Waals surface area (Å²) < 4.78 is 0. The minimum Gasteiger partial charge on any atom is -0.0654 e. The average Bonchev–Trinajstić information content (AvgIpc) is 2.83. The van der Waals surface area contributed by atoms with Gasteiger partial charge in [-0.3, -0.25) is 0 Å². The van der Waals surface area contributed by atoms with Crippen LogP contribution in [-0.4, -0.2) is 0 Å². The Bertz CT molecular complexity index is 331. The van der Waals surface area contributed by atoms with Crippen molar-refractivity contribution in [2.75, 3.05) is 0 Å². The number of unbranched alkanes of at least 4 members (excludes halogenated alkanes) is 28. The van der Waals surface area contributed by atoms with Gasteiger partial charge in [-0.1, -0.05) is 207 Å². The zero-order valence-corrected chi connectivity index (χ0v) is 24.7. The fourth-order valence-corrected chi connectivity index (χ4v) is 5.24. The maximum absolute atomic E-state index is 2.58. The smallest absolute Gasteiger partial charge is 0.0386 e. The highest BCUT2D eigenvalue weighted by atomic mass is 14.0. The van der Waals surface area contributed by atoms with E-state index in [2.05, 4.69) is 27.2 Å². The molecule has 34 heavy (non-hydrogen) atoms. The summed E-state index contributed by atoms with van der Waals surface area (Å²) in [6, 6.07) is 0. The van der Waals surface area contributed by atoms with Gasteiger partial charge in [0.2, 0.25) is 0 Å². The minimum atomic E-state index is 0.895.